The van der Waals surface area contributed by atoms with Gasteiger partial charge in [-0.25, -0.2) is 0 Å². The lowest BCUT2D eigenvalue weighted by Gasteiger charge is -2.18. The van der Waals surface area contributed by atoms with Gasteiger partial charge in [-0.3, -0.25) is 4.79 Å². The van der Waals surface area contributed by atoms with Crippen LogP contribution in [-0.2, 0) is 4.79 Å². The molecule has 0 aromatic heterocycles. The molecule has 3 nitrogen and oxygen atoms in total. The molecule has 80 valence electrons. The summed E-state index contributed by atoms with van der Waals surface area (Å²) in [5.74, 6) is -0.405. The van der Waals surface area contributed by atoms with Crippen LogP contribution in [-0.4, -0.2) is 17.2 Å². The average Bonchev–Trinajstić information content (AvgIpc) is 2.52. The van der Waals surface area contributed by atoms with Gasteiger partial charge in [0.1, 0.15) is 11.9 Å². The van der Waals surface area contributed by atoms with Crippen molar-refractivity contribution in [1.82, 2.24) is 0 Å². The third kappa shape index (κ3) is 1.58. The molecule has 2 rings (SSSR count). The summed E-state index contributed by atoms with van der Waals surface area (Å²) in [7, 11) is 0. The summed E-state index contributed by atoms with van der Waals surface area (Å²) in [4.78, 5) is 11.0. The van der Waals surface area contributed by atoms with Crippen molar-refractivity contribution in [2.45, 2.75) is 25.9 Å². The number of carboxylic acid groups (broad SMARTS) is 1. The Hall–Kier alpha value is -1.51. The Kier molecular flexibility index (Phi) is 2.39. The molecule has 1 N–H and O–H groups in total. The van der Waals surface area contributed by atoms with Crippen LogP contribution in [0.2, 0.25) is 0 Å². The molecular formula is C12H14O3. The van der Waals surface area contributed by atoms with Crippen LogP contribution in [0.15, 0.2) is 24.3 Å². The summed E-state index contributed by atoms with van der Waals surface area (Å²) < 4.78 is 5.63. The molecule has 3 heteroatoms. The Morgan fingerprint density at radius 3 is 2.80 bits per heavy atom. The van der Waals surface area contributed by atoms with Crippen molar-refractivity contribution in [2.24, 2.45) is 5.92 Å². The number of fused-ring (bicyclic) bond motifs is 1. The van der Waals surface area contributed by atoms with Crippen molar-refractivity contribution in [2.75, 3.05) is 0 Å². The molecule has 15 heavy (non-hydrogen) atoms. The molecule has 0 amide bonds. The number of ether oxygens (including phenoxy) is 1. The molecule has 1 aromatic rings. The fourth-order valence-corrected chi connectivity index (χ4v) is 2.22. The van der Waals surface area contributed by atoms with Gasteiger partial charge in [0.25, 0.3) is 0 Å². The smallest absolute Gasteiger partial charge is 0.306 e. The minimum atomic E-state index is -0.771. The molecule has 1 aromatic carbocycles. The van der Waals surface area contributed by atoms with Crippen LogP contribution in [0, 0.1) is 5.92 Å². The highest BCUT2D eigenvalue weighted by molar-refractivity contribution is 5.71. The van der Waals surface area contributed by atoms with Crippen LogP contribution in [0.1, 0.15) is 25.3 Å². The molecule has 1 aliphatic rings. The molecule has 0 bridgehead atoms. The fourth-order valence-electron chi connectivity index (χ4n) is 2.22. The van der Waals surface area contributed by atoms with Crippen molar-refractivity contribution in [3.8, 4) is 5.75 Å². The van der Waals surface area contributed by atoms with Gasteiger partial charge >= 0.3 is 5.97 Å². The number of carboxylic acids is 1. The van der Waals surface area contributed by atoms with Gasteiger partial charge in [0.15, 0.2) is 0 Å². The zero-order valence-corrected chi connectivity index (χ0v) is 8.81. The van der Waals surface area contributed by atoms with Gasteiger partial charge in [-0.15, -0.1) is 0 Å². The van der Waals surface area contributed by atoms with Crippen molar-refractivity contribution < 1.29 is 14.6 Å². The minimum absolute atomic E-state index is 0.0429. The molecule has 0 saturated heterocycles. The SMILES string of the molecule is CC1Oc2ccccc2C1C(C)C(=O)O. The summed E-state index contributed by atoms with van der Waals surface area (Å²) in [5.41, 5.74) is 1.01. The minimum Gasteiger partial charge on any atom is -0.490 e. The lowest BCUT2D eigenvalue weighted by molar-refractivity contribution is -0.142. The van der Waals surface area contributed by atoms with Gasteiger partial charge in [-0.2, -0.15) is 0 Å². The molecule has 0 radical (unpaired) electrons. The second-order valence-corrected chi connectivity index (χ2v) is 4.01. The fraction of sp³-hybridized carbons (Fsp3) is 0.417. The highest BCUT2D eigenvalue weighted by Crippen LogP contribution is 2.42. The molecule has 0 saturated carbocycles. The molecular weight excluding hydrogens is 192 g/mol. The average molecular weight is 206 g/mol. The number of para-hydroxylation sites is 1. The number of rotatable bonds is 2. The molecule has 0 fully saturated rings. The van der Waals surface area contributed by atoms with Gasteiger partial charge in [0, 0.05) is 11.5 Å². The van der Waals surface area contributed by atoms with Crippen LogP contribution in [0.3, 0.4) is 0 Å². The van der Waals surface area contributed by atoms with Crippen LogP contribution < -0.4 is 4.74 Å². The predicted molar refractivity (Wildman–Crippen MR) is 56.1 cm³/mol. The summed E-state index contributed by atoms with van der Waals surface area (Å²) in [6, 6.07) is 7.66. The topological polar surface area (TPSA) is 46.5 Å². The highest BCUT2D eigenvalue weighted by atomic mass is 16.5. The van der Waals surface area contributed by atoms with E-state index in [2.05, 4.69) is 0 Å². The van der Waals surface area contributed by atoms with Crippen LogP contribution in [0.4, 0.5) is 0 Å². The summed E-state index contributed by atoms with van der Waals surface area (Å²) in [5, 5.41) is 9.03. The first-order valence-corrected chi connectivity index (χ1v) is 5.09. The van der Waals surface area contributed by atoms with E-state index < -0.39 is 11.9 Å². The quantitative estimate of drug-likeness (QED) is 0.807. The van der Waals surface area contributed by atoms with Crippen molar-refractivity contribution >= 4 is 5.97 Å². The first kappa shape index (κ1) is 10.0. The normalized spacial score (nSPS) is 25.5. The number of carbonyl (C=O) groups is 1. The van der Waals surface area contributed by atoms with Crippen molar-refractivity contribution in [3.05, 3.63) is 29.8 Å². The molecule has 0 aliphatic carbocycles. The van der Waals surface area contributed by atoms with Gasteiger partial charge < -0.3 is 9.84 Å². The zero-order chi connectivity index (χ0) is 11.0. The lowest BCUT2D eigenvalue weighted by Crippen LogP contribution is -2.26. The maximum Gasteiger partial charge on any atom is 0.306 e. The van der Waals surface area contributed by atoms with E-state index in [1.807, 2.05) is 31.2 Å². The van der Waals surface area contributed by atoms with E-state index in [9.17, 15) is 4.79 Å². The monoisotopic (exact) mass is 206 g/mol. The summed E-state index contributed by atoms with van der Waals surface area (Å²) in [6.45, 7) is 3.65. The largest absolute Gasteiger partial charge is 0.490 e. The van der Waals surface area contributed by atoms with E-state index in [1.165, 1.54) is 0 Å². The molecule has 1 aliphatic heterocycles. The van der Waals surface area contributed by atoms with E-state index in [0.29, 0.717) is 0 Å². The second-order valence-electron chi connectivity index (χ2n) is 4.01. The molecule has 1 heterocycles. The van der Waals surface area contributed by atoms with Gasteiger partial charge in [-0.1, -0.05) is 25.1 Å². The Morgan fingerprint density at radius 2 is 2.13 bits per heavy atom. The lowest BCUT2D eigenvalue weighted by atomic mass is 9.85. The van der Waals surface area contributed by atoms with E-state index in [4.69, 9.17) is 9.84 Å². The number of hydrogen-bond acceptors (Lipinski definition) is 2. The maximum absolute atomic E-state index is 11.0. The summed E-state index contributed by atoms with van der Waals surface area (Å²) >= 11 is 0. The third-order valence-electron chi connectivity index (χ3n) is 3.02. The van der Waals surface area contributed by atoms with E-state index in [-0.39, 0.29) is 12.0 Å². The van der Waals surface area contributed by atoms with Crippen LogP contribution >= 0.6 is 0 Å². The Balaban J connectivity index is 2.37. The Morgan fingerprint density at radius 1 is 1.47 bits per heavy atom. The Labute approximate surface area is 88.7 Å². The van der Waals surface area contributed by atoms with E-state index in [1.54, 1.807) is 6.92 Å². The predicted octanol–water partition coefficient (Wildman–Crippen LogP) is 2.27. The molecule has 3 atom stereocenters. The Bertz CT molecular complexity index is 386. The molecule has 3 unspecified atom stereocenters. The number of aliphatic carboxylic acids is 1. The van der Waals surface area contributed by atoms with Crippen LogP contribution in [0.5, 0.6) is 5.75 Å². The highest BCUT2D eigenvalue weighted by Gasteiger charge is 2.37. The van der Waals surface area contributed by atoms with E-state index >= 15 is 0 Å². The first-order valence-electron chi connectivity index (χ1n) is 5.09. The van der Waals surface area contributed by atoms with Crippen molar-refractivity contribution in [1.29, 1.82) is 0 Å². The zero-order valence-electron chi connectivity index (χ0n) is 8.81. The van der Waals surface area contributed by atoms with Crippen LogP contribution in [0.25, 0.3) is 0 Å². The molecule has 0 spiro atoms. The van der Waals surface area contributed by atoms with E-state index in [0.717, 1.165) is 11.3 Å². The van der Waals surface area contributed by atoms with Crippen molar-refractivity contribution in [3.63, 3.8) is 0 Å². The maximum atomic E-state index is 11.0. The number of hydrogen-bond donors (Lipinski definition) is 1. The summed E-state index contributed by atoms with van der Waals surface area (Å²) in [6.07, 6.45) is -0.0616. The first-order chi connectivity index (χ1) is 7.11. The number of benzene rings is 1. The van der Waals surface area contributed by atoms with Gasteiger partial charge in [0.05, 0.1) is 5.92 Å². The third-order valence-corrected chi connectivity index (χ3v) is 3.02. The second kappa shape index (κ2) is 3.57. The van der Waals surface area contributed by atoms with Gasteiger partial charge in [-0.05, 0) is 13.0 Å². The standard InChI is InChI=1S/C12H14O3/c1-7(12(13)14)11-8(2)15-10-6-4-3-5-9(10)11/h3-8,11H,1-2H3,(H,13,14). The van der Waals surface area contributed by atoms with Gasteiger partial charge in [0.2, 0.25) is 0 Å².